The monoisotopic (exact) mass is 350 g/mol. The van der Waals surface area contributed by atoms with Gasteiger partial charge in [0.05, 0.1) is 0 Å². The molecule has 0 aliphatic rings. The second-order valence-electron chi connectivity index (χ2n) is 4.74. The van der Waals surface area contributed by atoms with Crippen LogP contribution in [0.1, 0.15) is 48.5 Å². The topological polar surface area (TPSA) is 3.24 Å². The van der Waals surface area contributed by atoms with Crippen molar-refractivity contribution in [3.63, 3.8) is 0 Å². The molecular weight excluding hydrogens is 317 g/mol. The third-order valence-electron chi connectivity index (χ3n) is 2.65. The number of rotatable bonds is 6. The van der Waals surface area contributed by atoms with Gasteiger partial charge in [0, 0.05) is 0 Å². The van der Waals surface area contributed by atoms with E-state index < -0.39 is 12.8 Å². The van der Waals surface area contributed by atoms with Crippen molar-refractivity contribution in [2.45, 2.75) is 66.4 Å². The van der Waals surface area contributed by atoms with Gasteiger partial charge >= 0.3 is 116 Å². The van der Waals surface area contributed by atoms with E-state index in [0.717, 1.165) is 5.70 Å². The Bertz CT molecular complexity index is 309. The summed E-state index contributed by atoms with van der Waals surface area (Å²) in [5.74, 6) is 2.20. The van der Waals surface area contributed by atoms with Gasteiger partial charge in [-0.2, -0.15) is 0 Å². The summed E-state index contributed by atoms with van der Waals surface area (Å²) in [6, 6.07) is 0.905. The molecule has 0 spiro atoms. The molecule has 0 heterocycles. The Kier molecular flexibility index (Phi) is 11.9. The van der Waals surface area contributed by atoms with E-state index >= 15 is 0 Å². The minimum atomic E-state index is -1.06. The van der Waals surface area contributed by atoms with Crippen LogP contribution in [-0.4, -0.2) is 29.8 Å². The van der Waals surface area contributed by atoms with Gasteiger partial charge < -0.3 is 0 Å². The molecule has 0 saturated carbocycles. The summed E-state index contributed by atoms with van der Waals surface area (Å²) in [6.07, 6.45) is 1.91. The standard InChI is InChI=1S/C14H26NSSe.C2H6/c1-9-12(6)14(17(8)16)13(7)15(10(2)3)11(4)5;1-2/h9-11,16H,1,7H2,2-6,8H3;1-2H3/b14-12+;. The van der Waals surface area contributed by atoms with Crippen molar-refractivity contribution in [3.05, 3.63) is 35.0 Å². The largest absolute Gasteiger partial charge is 0.0683 e. The van der Waals surface area contributed by atoms with Crippen molar-refractivity contribution < 1.29 is 0 Å². The molecular formula is C16H32NSSe. The van der Waals surface area contributed by atoms with Gasteiger partial charge in [0.15, 0.2) is 0 Å². The Morgan fingerprint density at radius 2 is 1.53 bits per heavy atom. The molecule has 0 aliphatic carbocycles. The van der Waals surface area contributed by atoms with Crippen LogP contribution in [0.15, 0.2) is 35.0 Å². The molecule has 0 bridgehead atoms. The molecule has 113 valence electrons. The van der Waals surface area contributed by atoms with Gasteiger partial charge in [-0.3, -0.25) is 0 Å². The first kappa shape index (κ1) is 21.2. The molecule has 0 aromatic heterocycles. The van der Waals surface area contributed by atoms with Crippen LogP contribution in [-0.2, 0) is 0 Å². The summed E-state index contributed by atoms with van der Waals surface area (Å²) in [6.45, 7) is 23.1. The van der Waals surface area contributed by atoms with Gasteiger partial charge in [-0.15, -0.1) is 0 Å². The van der Waals surface area contributed by atoms with E-state index in [-0.39, 0.29) is 0 Å². The van der Waals surface area contributed by atoms with E-state index in [0.29, 0.717) is 12.1 Å². The van der Waals surface area contributed by atoms with Crippen molar-refractivity contribution in [1.29, 1.82) is 0 Å². The maximum Gasteiger partial charge on any atom is -0.0683 e. The Morgan fingerprint density at radius 3 is 1.74 bits per heavy atom. The van der Waals surface area contributed by atoms with Crippen LogP contribution in [0.25, 0.3) is 0 Å². The number of thiol groups is 1. The Labute approximate surface area is 130 Å². The molecule has 0 aromatic carbocycles. The SMILES string of the molecule is C=C/C(C)=C(\C(=C)N(C(C)C)C(C)C)[Se](C)S.CC. The van der Waals surface area contributed by atoms with Gasteiger partial charge in [-0.1, -0.05) is 13.8 Å². The fourth-order valence-electron chi connectivity index (χ4n) is 2.06. The number of hydrogen-bond donors (Lipinski definition) is 1. The van der Waals surface area contributed by atoms with Gasteiger partial charge in [0.25, 0.3) is 0 Å². The minimum absolute atomic E-state index is 0.453. The molecule has 0 atom stereocenters. The number of allylic oxidation sites excluding steroid dienone is 3. The van der Waals surface area contributed by atoms with Crippen LogP contribution in [0, 0.1) is 0 Å². The van der Waals surface area contributed by atoms with Gasteiger partial charge in [0.1, 0.15) is 0 Å². The van der Waals surface area contributed by atoms with E-state index in [4.69, 9.17) is 0 Å². The molecule has 3 heteroatoms. The molecule has 1 radical (unpaired) electrons. The Morgan fingerprint density at radius 1 is 1.16 bits per heavy atom. The Hall–Kier alpha value is -0.111. The maximum absolute atomic E-state index is 4.69. The van der Waals surface area contributed by atoms with Crippen molar-refractivity contribution in [2.24, 2.45) is 0 Å². The van der Waals surface area contributed by atoms with Gasteiger partial charge in [0.2, 0.25) is 0 Å². The summed E-state index contributed by atoms with van der Waals surface area (Å²) < 4.78 is 1.31. The summed E-state index contributed by atoms with van der Waals surface area (Å²) in [7, 11) is 0. The van der Waals surface area contributed by atoms with E-state index in [2.05, 4.69) is 69.5 Å². The predicted molar refractivity (Wildman–Crippen MR) is 96.1 cm³/mol. The molecule has 19 heavy (non-hydrogen) atoms. The third kappa shape index (κ3) is 6.74. The first-order valence-electron chi connectivity index (χ1n) is 6.89. The summed E-state index contributed by atoms with van der Waals surface area (Å²) in [5.41, 5.74) is 2.33. The van der Waals surface area contributed by atoms with Crippen LogP contribution in [0.3, 0.4) is 0 Å². The average molecular weight is 349 g/mol. The zero-order valence-corrected chi connectivity index (χ0v) is 16.6. The smallest absolute Gasteiger partial charge is 0.0683 e. The van der Waals surface area contributed by atoms with Gasteiger partial charge in [-0.05, 0) is 0 Å². The van der Waals surface area contributed by atoms with Gasteiger partial charge in [-0.25, -0.2) is 0 Å². The van der Waals surface area contributed by atoms with E-state index in [1.54, 1.807) is 0 Å². The maximum atomic E-state index is 4.69. The van der Waals surface area contributed by atoms with E-state index in [1.807, 2.05) is 19.9 Å². The summed E-state index contributed by atoms with van der Waals surface area (Å²) in [4.78, 5) is 2.36. The van der Waals surface area contributed by atoms with Crippen molar-refractivity contribution >= 4 is 23.8 Å². The van der Waals surface area contributed by atoms with Crippen molar-refractivity contribution in [1.82, 2.24) is 4.90 Å². The molecule has 0 aliphatic heterocycles. The van der Waals surface area contributed by atoms with Crippen LogP contribution in [0.5, 0.6) is 0 Å². The van der Waals surface area contributed by atoms with Crippen LogP contribution < -0.4 is 0 Å². The number of hydrogen-bond acceptors (Lipinski definition) is 2. The second-order valence-corrected chi connectivity index (χ2v) is 10.4. The first-order valence-corrected chi connectivity index (χ1v) is 12.1. The first-order chi connectivity index (χ1) is 8.73. The Balaban J connectivity index is 0. The van der Waals surface area contributed by atoms with Crippen LogP contribution >= 0.6 is 11.0 Å². The quantitative estimate of drug-likeness (QED) is 0.390. The summed E-state index contributed by atoms with van der Waals surface area (Å²) in [5, 5.41) is 0. The molecule has 0 amide bonds. The van der Waals surface area contributed by atoms with E-state index in [9.17, 15) is 0 Å². The zero-order chi connectivity index (χ0) is 15.7. The summed E-state index contributed by atoms with van der Waals surface area (Å²) >= 11 is 3.63. The molecule has 0 unspecified atom stereocenters. The van der Waals surface area contributed by atoms with Crippen molar-refractivity contribution in [2.75, 3.05) is 0 Å². The second kappa shape index (κ2) is 10.7. The third-order valence-corrected chi connectivity index (χ3v) is 6.00. The zero-order valence-electron chi connectivity index (χ0n) is 13.9. The normalized spacial score (nSPS) is 12.0. The average Bonchev–Trinajstić information content (AvgIpc) is 2.29. The fourth-order valence-corrected chi connectivity index (χ4v) is 5.45. The van der Waals surface area contributed by atoms with Crippen LogP contribution in [0.2, 0.25) is 5.82 Å². The van der Waals surface area contributed by atoms with Crippen LogP contribution in [0.4, 0.5) is 0 Å². The molecule has 0 saturated heterocycles. The fraction of sp³-hybridized carbons (Fsp3) is 0.625. The molecule has 0 rings (SSSR count). The predicted octanol–water partition coefficient (Wildman–Crippen LogP) is 5.24. The molecule has 1 nitrogen and oxygen atoms in total. The van der Waals surface area contributed by atoms with Crippen molar-refractivity contribution in [3.8, 4) is 0 Å². The molecule has 0 N–H and O–H groups in total. The van der Waals surface area contributed by atoms with E-state index in [1.165, 1.54) is 10.0 Å². The number of nitrogens with zero attached hydrogens (tertiary/aromatic N) is 1. The molecule has 0 fully saturated rings. The minimum Gasteiger partial charge on any atom is -0.0683 e. The molecule has 0 aromatic rings.